The van der Waals surface area contributed by atoms with Crippen LogP contribution in [0.15, 0.2) is 30.7 Å². The fourth-order valence-electron chi connectivity index (χ4n) is 4.70. The van der Waals surface area contributed by atoms with E-state index in [1.807, 2.05) is 18.2 Å². The molecule has 1 N–H and O–H groups in total. The number of nitrogens with zero attached hydrogens (tertiary/aromatic N) is 8. The Morgan fingerprint density at radius 3 is 2.54 bits per heavy atom. The van der Waals surface area contributed by atoms with Gasteiger partial charge in [-0.3, -0.25) is 14.7 Å². The minimum absolute atomic E-state index is 0.0776. The Labute approximate surface area is 201 Å². The third kappa shape index (κ3) is 4.02. The van der Waals surface area contributed by atoms with E-state index in [1.54, 1.807) is 40.3 Å². The predicted octanol–water partition coefficient (Wildman–Crippen LogP) is 1.70. The molecule has 5 rings (SSSR count). The van der Waals surface area contributed by atoms with E-state index in [2.05, 4.69) is 15.0 Å². The number of pyridine rings is 2. The SMILES string of the molecule is C[C@H](O)C(=O)N1CCC(N2C(=O)N(C)Cc3cnc4ccc(-c5cnc(C#N)nc5)nc4c32)CC1. The summed E-state index contributed by atoms with van der Waals surface area (Å²) in [7, 11) is 1.76. The molecule has 0 radical (unpaired) electrons. The van der Waals surface area contributed by atoms with Crippen LogP contribution in [0.4, 0.5) is 10.5 Å². The van der Waals surface area contributed by atoms with Crippen LogP contribution >= 0.6 is 0 Å². The van der Waals surface area contributed by atoms with Gasteiger partial charge in [-0.15, -0.1) is 0 Å². The van der Waals surface area contributed by atoms with Crippen molar-refractivity contribution in [1.82, 2.24) is 29.7 Å². The van der Waals surface area contributed by atoms with Gasteiger partial charge in [0.2, 0.25) is 5.82 Å². The lowest BCUT2D eigenvalue weighted by atomic mass is 9.99. The summed E-state index contributed by atoms with van der Waals surface area (Å²) >= 11 is 0. The molecular formula is C24H24N8O3. The van der Waals surface area contributed by atoms with Gasteiger partial charge in [-0.05, 0) is 31.9 Å². The highest BCUT2D eigenvalue weighted by Crippen LogP contribution is 2.37. The van der Waals surface area contributed by atoms with E-state index in [9.17, 15) is 14.7 Å². The van der Waals surface area contributed by atoms with Gasteiger partial charge in [-0.1, -0.05) is 0 Å². The minimum Gasteiger partial charge on any atom is -0.384 e. The van der Waals surface area contributed by atoms with Crippen LogP contribution in [0.5, 0.6) is 0 Å². The predicted molar refractivity (Wildman–Crippen MR) is 126 cm³/mol. The summed E-state index contributed by atoms with van der Waals surface area (Å²) in [5, 5.41) is 18.6. The molecular weight excluding hydrogens is 448 g/mol. The van der Waals surface area contributed by atoms with Gasteiger partial charge >= 0.3 is 6.03 Å². The Morgan fingerprint density at radius 2 is 1.89 bits per heavy atom. The van der Waals surface area contributed by atoms with Crippen molar-refractivity contribution in [2.75, 3.05) is 25.0 Å². The molecule has 5 heterocycles. The molecule has 0 saturated carbocycles. The molecule has 1 atom stereocenters. The first-order chi connectivity index (χ1) is 16.9. The van der Waals surface area contributed by atoms with Gasteiger partial charge in [0.05, 0.1) is 23.4 Å². The lowest BCUT2D eigenvalue weighted by molar-refractivity contribution is -0.140. The Balaban J connectivity index is 1.55. The van der Waals surface area contributed by atoms with Crippen molar-refractivity contribution in [3.63, 3.8) is 0 Å². The quantitative estimate of drug-likeness (QED) is 0.608. The van der Waals surface area contributed by atoms with Gasteiger partial charge < -0.3 is 14.9 Å². The molecule has 1 saturated heterocycles. The number of piperidine rings is 1. The summed E-state index contributed by atoms with van der Waals surface area (Å²) < 4.78 is 0. The molecule has 3 aromatic rings. The fourth-order valence-corrected chi connectivity index (χ4v) is 4.70. The summed E-state index contributed by atoms with van der Waals surface area (Å²) in [5.41, 5.74) is 4.15. The Morgan fingerprint density at radius 1 is 1.17 bits per heavy atom. The number of aliphatic hydroxyl groups excluding tert-OH is 1. The first kappa shape index (κ1) is 22.6. The monoisotopic (exact) mass is 472 g/mol. The number of rotatable bonds is 3. The van der Waals surface area contributed by atoms with E-state index in [0.717, 1.165) is 11.3 Å². The molecule has 178 valence electrons. The van der Waals surface area contributed by atoms with Gasteiger partial charge in [0, 0.05) is 55.9 Å². The maximum atomic E-state index is 13.4. The van der Waals surface area contributed by atoms with E-state index in [1.165, 1.54) is 6.92 Å². The highest BCUT2D eigenvalue weighted by atomic mass is 16.3. The van der Waals surface area contributed by atoms with Gasteiger partial charge in [0.15, 0.2) is 0 Å². The second-order valence-electron chi connectivity index (χ2n) is 8.84. The molecule has 2 aliphatic heterocycles. The van der Waals surface area contributed by atoms with Crippen LogP contribution in [-0.2, 0) is 11.3 Å². The molecule has 35 heavy (non-hydrogen) atoms. The van der Waals surface area contributed by atoms with Crippen molar-refractivity contribution in [1.29, 1.82) is 5.26 Å². The number of anilines is 1. The average molecular weight is 473 g/mol. The highest BCUT2D eigenvalue weighted by Gasteiger charge is 2.38. The molecule has 0 unspecified atom stereocenters. The number of urea groups is 1. The van der Waals surface area contributed by atoms with Gasteiger partial charge in [0.1, 0.15) is 17.7 Å². The van der Waals surface area contributed by atoms with Gasteiger partial charge in [-0.2, -0.15) is 5.26 Å². The van der Waals surface area contributed by atoms with Crippen molar-refractivity contribution in [2.24, 2.45) is 0 Å². The molecule has 0 bridgehead atoms. The van der Waals surface area contributed by atoms with Gasteiger partial charge in [-0.25, -0.2) is 19.7 Å². The van der Waals surface area contributed by atoms with Crippen LogP contribution in [0.1, 0.15) is 31.2 Å². The van der Waals surface area contributed by atoms with Crippen molar-refractivity contribution >= 4 is 28.7 Å². The number of likely N-dealkylation sites (tertiary alicyclic amines) is 1. The van der Waals surface area contributed by atoms with Crippen LogP contribution < -0.4 is 4.90 Å². The maximum Gasteiger partial charge on any atom is 0.324 e. The number of carbonyl (C=O) groups excluding carboxylic acids is 2. The zero-order valence-corrected chi connectivity index (χ0v) is 19.4. The van der Waals surface area contributed by atoms with Crippen molar-refractivity contribution < 1.29 is 14.7 Å². The number of amides is 3. The summed E-state index contributed by atoms with van der Waals surface area (Å²) in [5.74, 6) is -0.217. The van der Waals surface area contributed by atoms with Gasteiger partial charge in [0.25, 0.3) is 5.91 Å². The number of hydrogen-bond acceptors (Lipinski definition) is 8. The van der Waals surface area contributed by atoms with Crippen LogP contribution in [0.3, 0.4) is 0 Å². The number of nitriles is 1. The standard InChI is InChI=1S/C24H24N8O3/c1-14(33)23(34)31-7-5-17(6-8-31)32-22-16(13-30(2)24(32)35)12-26-19-4-3-18(29-21(19)22)15-10-27-20(9-25)28-11-15/h3-4,10-12,14,17,33H,5-8,13H2,1-2H3/t14-/m0/s1. The molecule has 0 aliphatic carbocycles. The summed E-state index contributed by atoms with van der Waals surface area (Å²) in [6.45, 7) is 2.80. The van der Waals surface area contributed by atoms with E-state index < -0.39 is 6.10 Å². The maximum absolute atomic E-state index is 13.4. The number of aliphatic hydroxyl groups is 1. The normalized spacial score (nSPS) is 17.3. The molecule has 11 nitrogen and oxygen atoms in total. The minimum atomic E-state index is -1.04. The Kier molecular flexibility index (Phi) is 5.74. The average Bonchev–Trinajstić information content (AvgIpc) is 2.89. The summed E-state index contributed by atoms with van der Waals surface area (Å²) in [4.78, 5) is 48.2. The Bertz CT molecular complexity index is 1340. The highest BCUT2D eigenvalue weighted by molar-refractivity contribution is 6.04. The van der Waals surface area contributed by atoms with Crippen molar-refractivity contribution in [2.45, 2.75) is 38.5 Å². The largest absolute Gasteiger partial charge is 0.384 e. The number of fused-ring (bicyclic) bond motifs is 3. The van der Waals surface area contributed by atoms with Crippen LogP contribution in [-0.4, -0.2) is 79.1 Å². The van der Waals surface area contributed by atoms with Crippen LogP contribution in [0, 0.1) is 11.3 Å². The third-order valence-electron chi connectivity index (χ3n) is 6.49. The first-order valence-electron chi connectivity index (χ1n) is 11.4. The molecule has 0 aromatic carbocycles. The van der Waals surface area contributed by atoms with E-state index in [4.69, 9.17) is 10.2 Å². The zero-order valence-electron chi connectivity index (χ0n) is 19.4. The Hall–Kier alpha value is -4.17. The molecule has 3 amide bonds. The lowest BCUT2D eigenvalue weighted by Gasteiger charge is -2.43. The summed E-state index contributed by atoms with van der Waals surface area (Å²) in [6, 6.07) is 5.31. The summed E-state index contributed by atoms with van der Waals surface area (Å²) in [6.07, 6.45) is 5.02. The number of hydrogen-bond donors (Lipinski definition) is 1. The first-order valence-corrected chi connectivity index (χ1v) is 11.4. The topological polar surface area (TPSA) is 139 Å². The molecule has 1 fully saturated rings. The molecule has 2 aliphatic rings. The van der Waals surface area contributed by atoms with E-state index in [-0.39, 0.29) is 23.8 Å². The molecule has 0 spiro atoms. The second-order valence-corrected chi connectivity index (χ2v) is 8.84. The number of carbonyl (C=O) groups is 2. The van der Waals surface area contributed by atoms with Crippen molar-refractivity contribution in [3.05, 3.63) is 42.1 Å². The third-order valence-corrected chi connectivity index (χ3v) is 6.49. The molecule has 3 aromatic heterocycles. The van der Waals surface area contributed by atoms with Crippen LogP contribution in [0.25, 0.3) is 22.3 Å². The van der Waals surface area contributed by atoms with Crippen LogP contribution in [0.2, 0.25) is 0 Å². The fraction of sp³-hybridized carbons (Fsp3) is 0.375. The smallest absolute Gasteiger partial charge is 0.324 e. The zero-order chi connectivity index (χ0) is 24.7. The van der Waals surface area contributed by atoms with E-state index >= 15 is 0 Å². The lowest BCUT2D eigenvalue weighted by Crippen LogP contribution is -2.55. The molecule has 11 heteroatoms. The number of aromatic nitrogens is 4. The van der Waals surface area contributed by atoms with E-state index in [0.29, 0.717) is 54.8 Å². The van der Waals surface area contributed by atoms with Crippen molar-refractivity contribution in [3.8, 4) is 17.3 Å². The second kappa shape index (κ2) is 8.88.